The molecule has 244 valence electrons. The Hall–Kier alpha value is -4.35. The van der Waals surface area contributed by atoms with E-state index in [-0.39, 0.29) is 30.1 Å². The van der Waals surface area contributed by atoms with E-state index in [0.29, 0.717) is 37.6 Å². The first-order valence-electron chi connectivity index (χ1n) is 15.9. The average molecular weight is 623 g/mol. The van der Waals surface area contributed by atoms with Crippen molar-refractivity contribution < 1.29 is 28.6 Å². The summed E-state index contributed by atoms with van der Waals surface area (Å²) in [5.41, 5.74) is 2.07. The molecule has 2 aromatic heterocycles. The normalized spacial score (nSPS) is 16.3. The van der Waals surface area contributed by atoms with Gasteiger partial charge in [0.2, 0.25) is 0 Å². The Bertz CT molecular complexity index is 1400. The van der Waals surface area contributed by atoms with E-state index in [9.17, 15) is 14.4 Å². The van der Waals surface area contributed by atoms with Gasteiger partial charge in [0, 0.05) is 37.0 Å². The third-order valence-electron chi connectivity index (χ3n) is 7.66. The number of benzene rings is 1. The second-order valence-electron chi connectivity index (χ2n) is 12.3. The van der Waals surface area contributed by atoms with Crippen LogP contribution in [-0.4, -0.2) is 57.0 Å². The highest BCUT2D eigenvalue weighted by molar-refractivity contribution is 5.87. The maximum Gasteiger partial charge on any atom is 0.413 e. The molecule has 1 saturated carbocycles. The van der Waals surface area contributed by atoms with Gasteiger partial charge >= 0.3 is 18.2 Å². The van der Waals surface area contributed by atoms with Crippen molar-refractivity contribution in [2.45, 2.75) is 103 Å². The molecule has 12 heteroatoms. The molecule has 4 rings (SSSR count). The Morgan fingerprint density at radius 2 is 1.76 bits per heavy atom. The predicted molar refractivity (Wildman–Crippen MR) is 169 cm³/mol. The van der Waals surface area contributed by atoms with Crippen LogP contribution in [0.4, 0.5) is 15.4 Å². The lowest BCUT2D eigenvalue weighted by molar-refractivity contribution is 0.0511. The summed E-state index contributed by atoms with van der Waals surface area (Å²) in [7, 11) is 0. The van der Waals surface area contributed by atoms with Crippen LogP contribution in [0.15, 0.2) is 48.7 Å². The van der Waals surface area contributed by atoms with Crippen LogP contribution in [0.1, 0.15) is 100 Å². The van der Waals surface area contributed by atoms with Gasteiger partial charge in [0.25, 0.3) is 0 Å². The van der Waals surface area contributed by atoms with Crippen molar-refractivity contribution in [2.24, 2.45) is 0 Å². The van der Waals surface area contributed by atoms with E-state index in [1.165, 1.54) is 0 Å². The van der Waals surface area contributed by atoms with Crippen molar-refractivity contribution in [1.82, 2.24) is 24.9 Å². The highest BCUT2D eigenvalue weighted by Gasteiger charge is 2.33. The Kier molecular flexibility index (Phi) is 12.0. The first kappa shape index (κ1) is 33.5. The number of rotatable bonds is 14. The van der Waals surface area contributed by atoms with Crippen molar-refractivity contribution >= 4 is 24.0 Å². The summed E-state index contributed by atoms with van der Waals surface area (Å²) in [4.78, 5) is 36.9. The smallest absolute Gasteiger partial charge is 0.413 e. The Balaban J connectivity index is 1.17. The van der Waals surface area contributed by atoms with Crippen molar-refractivity contribution in [3.63, 3.8) is 0 Å². The van der Waals surface area contributed by atoms with Crippen LogP contribution in [0, 0.1) is 0 Å². The van der Waals surface area contributed by atoms with Gasteiger partial charge in [-0.15, -0.1) is 0 Å². The third kappa shape index (κ3) is 10.1. The number of anilines is 1. The highest BCUT2D eigenvalue weighted by Crippen LogP contribution is 2.38. The average Bonchev–Trinajstić information content (AvgIpc) is 3.76. The van der Waals surface area contributed by atoms with Gasteiger partial charge in [-0.05, 0) is 71.4 Å². The van der Waals surface area contributed by atoms with E-state index in [1.807, 2.05) is 41.1 Å². The minimum atomic E-state index is -0.561. The summed E-state index contributed by atoms with van der Waals surface area (Å²) in [6.45, 7) is 9.66. The monoisotopic (exact) mass is 622 g/mol. The summed E-state index contributed by atoms with van der Waals surface area (Å²) >= 11 is 0. The first-order valence-corrected chi connectivity index (χ1v) is 15.9. The highest BCUT2D eigenvalue weighted by atomic mass is 16.6. The zero-order chi connectivity index (χ0) is 32.2. The van der Waals surface area contributed by atoms with E-state index in [2.05, 4.69) is 41.6 Å². The van der Waals surface area contributed by atoms with Crippen molar-refractivity contribution in [3.8, 4) is 0 Å². The molecule has 2 N–H and O–H groups in total. The number of hydrogen-bond acceptors (Lipinski definition) is 8. The van der Waals surface area contributed by atoms with Crippen molar-refractivity contribution in [1.29, 1.82) is 0 Å². The number of alkyl carbamates (subject to hydrolysis) is 1. The zero-order valence-corrected chi connectivity index (χ0v) is 26.8. The van der Waals surface area contributed by atoms with E-state index >= 15 is 0 Å². The molecule has 0 bridgehead atoms. The number of aromatic nitrogens is 4. The lowest BCUT2D eigenvalue weighted by Crippen LogP contribution is -2.29. The van der Waals surface area contributed by atoms with Gasteiger partial charge in [-0.25, -0.2) is 14.4 Å². The van der Waals surface area contributed by atoms with Gasteiger partial charge in [0.05, 0.1) is 12.1 Å². The lowest BCUT2D eigenvalue weighted by atomic mass is 10.0. The number of amides is 2. The van der Waals surface area contributed by atoms with Crippen LogP contribution < -0.4 is 10.6 Å². The van der Waals surface area contributed by atoms with Crippen molar-refractivity contribution in [2.75, 3.05) is 18.5 Å². The molecule has 2 heterocycles. The quantitative estimate of drug-likeness (QED) is 0.120. The molecule has 1 aromatic carbocycles. The zero-order valence-electron chi connectivity index (χ0n) is 26.8. The van der Waals surface area contributed by atoms with Gasteiger partial charge in [-0.3, -0.25) is 14.7 Å². The van der Waals surface area contributed by atoms with Crippen LogP contribution in [0.5, 0.6) is 0 Å². The van der Waals surface area contributed by atoms with E-state index < -0.39 is 12.2 Å². The van der Waals surface area contributed by atoms with Crippen molar-refractivity contribution in [3.05, 3.63) is 65.6 Å². The van der Waals surface area contributed by atoms with Gasteiger partial charge in [0.1, 0.15) is 18.4 Å². The van der Waals surface area contributed by atoms with Gasteiger partial charge < -0.3 is 19.5 Å². The molecule has 0 unspecified atom stereocenters. The minimum Gasteiger partial charge on any atom is -0.461 e. The van der Waals surface area contributed by atoms with Gasteiger partial charge in [0.15, 0.2) is 5.82 Å². The SMILES string of the molecule is CCOC(=O)c1ccnn1CCCCCCNC(=O)O[C@@H]1CC[C@H](c2cc(NC(=O)OCc3ccccc3)nn2C(C)(C)C)C1. The fourth-order valence-corrected chi connectivity index (χ4v) is 5.48. The number of esters is 1. The lowest BCUT2D eigenvalue weighted by Gasteiger charge is -2.24. The van der Waals surface area contributed by atoms with Gasteiger partial charge in [-0.1, -0.05) is 43.2 Å². The van der Waals surface area contributed by atoms with Crippen LogP contribution >= 0.6 is 0 Å². The summed E-state index contributed by atoms with van der Waals surface area (Å²) in [5.74, 6) is 0.221. The molecule has 0 aliphatic heterocycles. The maximum atomic E-state index is 12.5. The molecule has 12 nitrogen and oxygen atoms in total. The fourth-order valence-electron chi connectivity index (χ4n) is 5.48. The largest absolute Gasteiger partial charge is 0.461 e. The summed E-state index contributed by atoms with van der Waals surface area (Å²) in [6, 6.07) is 13.1. The molecular formula is C33H46N6O6. The number of nitrogens with one attached hydrogen (secondary N) is 2. The van der Waals surface area contributed by atoms with Crippen LogP contribution in [0.2, 0.25) is 0 Å². The Morgan fingerprint density at radius 1 is 0.978 bits per heavy atom. The second-order valence-corrected chi connectivity index (χ2v) is 12.3. The molecule has 2 amide bonds. The Labute approximate surface area is 264 Å². The van der Waals surface area contributed by atoms with E-state index in [4.69, 9.17) is 14.2 Å². The summed E-state index contributed by atoms with van der Waals surface area (Å²) < 4.78 is 19.8. The number of nitrogens with zero attached hydrogens (tertiary/aromatic N) is 4. The second kappa shape index (κ2) is 16.1. The number of carbonyl (C=O) groups excluding carboxylic acids is 3. The molecule has 0 saturated heterocycles. The number of ether oxygens (including phenoxy) is 3. The number of aryl methyl sites for hydroxylation is 1. The number of carbonyl (C=O) groups is 3. The standard InChI is InChI=1S/C33H46N6O6/c1-5-43-30(40)27-17-19-35-38(27)20-12-7-6-11-18-34-31(41)45-26-16-15-25(21-26)28-22-29(37-39(28)33(2,3)4)36-32(42)44-23-24-13-9-8-10-14-24/h8-10,13-14,17,19,22,25-26H,5-7,11-12,15-16,18,20-21,23H2,1-4H3,(H,34,41)(H,36,37,42)/t25-,26+/m0/s1. The van der Waals surface area contributed by atoms with Gasteiger partial charge in [-0.2, -0.15) is 10.2 Å². The molecule has 45 heavy (non-hydrogen) atoms. The van der Waals surface area contributed by atoms with Crippen LogP contribution in [0.25, 0.3) is 0 Å². The van der Waals surface area contributed by atoms with Crippen LogP contribution in [0.3, 0.4) is 0 Å². The number of hydrogen-bond donors (Lipinski definition) is 2. The molecule has 1 fully saturated rings. The fraction of sp³-hybridized carbons (Fsp3) is 0.545. The minimum absolute atomic E-state index is 0.143. The molecule has 0 radical (unpaired) electrons. The Morgan fingerprint density at radius 3 is 2.51 bits per heavy atom. The van der Waals surface area contributed by atoms with E-state index in [0.717, 1.165) is 49.8 Å². The molecule has 2 atom stereocenters. The molecule has 1 aliphatic carbocycles. The summed E-state index contributed by atoms with van der Waals surface area (Å²) in [5, 5.41) is 14.5. The molecule has 3 aromatic rings. The maximum absolute atomic E-state index is 12.5. The van der Waals surface area contributed by atoms with E-state index in [1.54, 1.807) is 23.9 Å². The molecule has 0 spiro atoms. The molecule has 1 aliphatic rings. The number of unbranched alkanes of at least 4 members (excludes halogenated alkanes) is 3. The third-order valence-corrected chi connectivity index (χ3v) is 7.66. The molecular weight excluding hydrogens is 576 g/mol. The predicted octanol–water partition coefficient (Wildman–Crippen LogP) is 6.38. The van der Waals surface area contributed by atoms with Crippen LogP contribution in [-0.2, 0) is 32.9 Å². The first-order chi connectivity index (χ1) is 21.6. The topological polar surface area (TPSA) is 139 Å². The summed E-state index contributed by atoms with van der Waals surface area (Å²) in [6.07, 6.45) is 6.36.